The summed E-state index contributed by atoms with van der Waals surface area (Å²) in [6.07, 6.45) is -0.943. The van der Waals surface area contributed by atoms with E-state index in [0.717, 1.165) is 6.07 Å². The molecule has 1 saturated heterocycles. The predicted octanol–water partition coefficient (Wildman–Crippen LogP) is 2.08. The lowest BCUT2D eigenvalue weighted by Gasteiger charge is -2.33. The second-order valence-electron chi connectivity index (χ2n) is 7.12. The highest BCUT2D eigenvalue weighted by Crippen LogP contribution is 2.39. The average Bonchev–Trinajstić information content (AvgIpc) is 3.12. The number of imidazole rings is 1. The zero-order valence-corrected chi connectivity index (χ0v) is 16.2. The van der Waals surface area contributed by atoms with Crippen LogP contribution in [0.25, 0.3) is 0 Å². The molecule has 0 atom stereocenters. The third-order valence-electron chi connectivity index (χ3n) is 5.13. The number of aromatic nitrogens is 2. The number of halogens is 3. The van der Waals surface area contributed by atoms with E-state index in [-0.39, 0.29) is 17.0 Å². The second kappa shape index (κ2) is 8.17. The van der Waals surface area contributed by atoms with Gasteiger partial charge in [0.05, 0.1) is 18.1 Å². The number of aryl methyl sites for hydroxylation is 1. The highest BCUT2D eigenvalue weighted by molar-refractivity contribution is 6.04. The molecule has 0 saturated carbocycles. The van der Waals surface area contributed by atoms with Crippen molar-refractivity contribution in [1.82, 2.24) is 19.8 Å². The number of nitrogens with one attached hydrogen (secondary N) is 2. The number of likely N-dealkylation sites (tertiary alicyclic amines) is 1. The first-order chi connectivity index (χ1) is 14.1. The monoisotopic (exact) mass is 422 g/mol. The summed E-state index contributed by atoms with van der Waals surface area (Å²) < 4.78 is 42.6. The Hall–Kier alpha value is -3.37. The molecule has 2 amide bonds. The number of amides is 2. The van der Waals surface area contributed by atoms with Crippen LogP contribution in [0.1, 0.15) is 50.7 Å². The molecule has 0 radical (unpaired) electrons. The summed E-state index contributed by atoms with van der Waals surface area (Å²) >= 11 is 0. The second-order valence-corrected chi connectivity index (χ2v) is 7.12. The van der Waals surface area contributed by atoms with Gasteiger partial charge < -0.3 is 15.2 Å². The van der Waals surface area contributed by atoms with Crippen molar-refractivity contribution in [3.05, 3.63) is 53.1 Å². The van der Waals surface area contributed by atoms with E-state index < -0.39 is 29.5 Å². The van der Waals surface area contributed by atoms with Crippen molar-refractivity contribution in [2.24, 2.45) is 12.8 Å². The molecule has 160 valence electrons. The van der Waals surface area contributed by atoms with Crippen LogP contribution >= 0.6 is 0 Å². The summed E-state index contributed by atoms with van der Waals surface area (Å²) in [5, 5.41) is 9.03. The summed E-state index contributed by atoms with van der Waals surface area (Å²) in [6, 6.07) is 3.36. The van der Waals surface area contributed by atoms with Gasteiger partial charge in [0.1, 0.15) is 5.69 Å². The molecule has 0 bridgehead atoms. The van der Waals surface area contributed by atoms with Crippen LogP contribution < -0.4 is 11.1 Å². The molecule has 2 aromatic rings. The Bertz CT molecular complexity index is 977. The van der Waals surface area contributed by atoms with Crippen LogP contribution in [0.15, 0.2) is 30.7 Å². The van der Waals surface area contributed by atoms with E-state index in [1.807, 2.05) is 5.32 Å². The van der Waals surface area contributed by atoms with Crippen LogP contribution in [0.5, 0.6) is 0 Å². The van der Waals surface area contributed by atoms with Gasteiger partial charge in [0.2, 0.25) is 0 Å². The van der Waals surface area contributed by atoms with Gasteiger partial charge in [-0.05, 0) is 36.5 Å². The van der Waals surface area contributed by atoms with Gasteiger partial charge in [0.25, 0.3) is 11.8 Å². The maximum absolute atomic E-state index is 13.7. The van der Waals surface area contributed by atoms with Crippen molar-refractivity contribution in [2.45, 2.75) is 24.9 Å². The minimum absolute atomic E-state index is 0.0921. The quantitative estimate of drug-likeness (QED) is 0.519. The number of nitrogens with zero attached hydrogens (tertiary/aromatic N) is 3. The number of carbonyl (C=O) groups excluding carboxylic acids is 2. The zero-order valence-electron chi connectivity index (χ0n) is 16.2. The topological polar surface area (TPSA) is 117 Å². The number of hydrogen-bond acceptors (Lipinski definition) is 4. The van der Waals surface area contributed by atoms with Crippen molar-refractivity contribution in [1.29, 1.82) is 5.41 Å². The summed E-state index contributed by atoms with van der Waals surface area (Å²) in [5.74, 6) is -2.14. The maximum atomic E-state index is 13.7. The Morgan fingerprint density at radius 1 is 1.27 bits per heavy atom. The Morgan fingerprint density at radius 3 is 2.47 bits per heavy atom. The number of benzene rings is 1. The first kappa shape index (κ1) is 21.3. The molecule has 0 aliphatic carbocycles. The van der Waals surface area contributed by atoms with Crippen LogP contribution in [0.2, 0.25) is 0 Å². The maximum Gasteiger partial charge on any atom is 0.416 e. The molecule has 0 unspecified atom stereocenters. The van der Waals surface area contributed by atoms with Gasteiger partial charge in [0, 0.05) is 25.7 Å². The van der Waals surface area contributed by atoms with Crippen LogP contribution in [0.4, 0.5) is 13.2 Å². The molecule has 1 aliphatic rings. The standard InChI is InChI=1S/C19H21F3N6O2/c1-27-10-25-9-15(27)17(30)28-6-4-11(5-7-28)13-3-2-12(16(29)26-18(23)24)8-14(13)19(20,21)22/h2-3,8-11H,4-7H2,1H3,(H4,23,24,26,29). The fraction of sp³-hybridized carbons (Fsp3) is 0.368. The molecule has 1 fully saturated rings. The van der Waals surface area contributed by atoms with Crippen LogP contribution in [0.3, 0.4) is 0 Å². The highest BCUT2D eigenvalue weighted by Gasteiger charge is 2.37. The molecule has 1 aromatic carbocycles. The van der Waals surface area contributed by atoms with E-state index in [1.54, 1.807) is 16.5 Å². The predicted molar refractivity (Wildman–Crippen MR) is 102 cm³/mol. The molecule has 3 rings (SSSR count). The lowest BCUT2D eigenvalue weighted by Crippen LogP contribution is -2.39. The SMILES string of the molecule is Cn1cncc1C(=O)N1CCC(c2ccc(C(=O)NC(=N)N)cc2C(F)(F)F)CC1. The van der Waals surface area contributed by atoms with E-state index in [1.165, 1.54) is 24.7 Å². The average molecular weight is 422 g/mol. The smallest absolute Gasteiger partial charge is 0.370 e. The largest absolute Gasteiger partial charge is 0.416 e. The summed E-state index contributed by atoms with van der Waals surface area (Å²) in [5.41, 5.74) is 4.46. The van der Waals surface area contributed by atoms with Crippen molar-refractivity contribution < 1.29 is 22.8 Å². The number of nitrogens with two attached hydrogens (primary N) is 1. The molecule has 0 spiro atoms. The third kappa shape index (κ3) is 4.44. The first-order valence-corrected chi connectivity index (χ1v) is 9.20. The van der Waals surface area contributed by atoms with Crippen molar-refractivity contribution in [3.8, 4) is 0 Å². The first-order valence-electron chi connectivity index (χ1n) is 9.20. The van der Waals surface area contributed by atoms with Gasteiger partial charge in [-0.1, -0.05) is 6.07 Å². The van der Waals surface area contributed by atoms with E-state index in [2.05, 4.69) is 4.98 Å². The van der Waals surface area contributed by atoms with Crippen LogP contribution in [-0.4, -0.2) is 45.3 Å². The Balaban J connectivity index is 1.79. The Morgan fingerprint density at radius 2 is 1.93 bits per heavy atom. The molecule has 1 aliphatic heterocycles. The van der Waals surface area contributed by atoms with Gasteiger partial charge in [-0.3, -0.25) is 20.3 Å². The normalized spacial score (nSPS) is 15.1. The van der Waals surface area contributed by atoms with Crippen molar-refractivity contribution in [2.75, 3.05) is 13.1 Å². The molecule has 2 heterocycles. The molecule has 30 heavy (non-hydrogen) atoms. The minimum Gasteiger partial charge on any atom is -0.370 e. The summed E-state index contributed by atoms with van der Waals surface area (Å²) in [4.78, 5) is 30.0. The molecule has 8 nitrogen and oxygen atoms in total. The number of carbonyl (C=O) groups is 2. The van der Waals surface area contributed by atoms with Gasteiger partial charge in [-0.15, -0.1) is 0 Å². The fourth-order valence-electron chi connectivity index (χ4n) is 3.61. The lowest BCUT2D eigenvalue weighted by molar-refractivity contribution is -0.138. The fourth-order valence-corrected chi connectivity index (χ4v) is 3.61. The van der Waals surface area contributed by atoms with Crippen molar-refractivity contribution >= 4 is 17.8 Å². The van der Waals surface area contributed by atoms with E-state index >= 15 is 0 Å². The molecule has 1 aromatic heterocycles. The number of rotatable bonds is 3. The zero-order chi connectivity index (χ0) is 22.1. The molecule has 4 N–H and O–H groups in total. The highest BCUT2D eigenvalue weighted by atomic mass is 19.4. The van der Waals surface area contributed by atoms with E-state index in [9.17, 15) is 22.8 Å². The third-order valence-corrected chi connectivity index (χ3v) is 5.13. The van der Waals surface area contributed by atoms with E-state index in [0.29, 0.717) is 31.6 Å². The molecule has 11 heteroatoms. The number of guanidine groups is 1. The number of alkyl halides is 3. The van der Waals surface area contributed by atoms with Gasteiger partial charge in [-0.25, -0.2) is 4.98 Å². The Labute approximate surface area is 170 Å². The summed E-state index contributed by atoms with van der Waals surface area (Å²) in [6.45, 7) is 0.636. The van der Waals surface area contributed by atoms with Gasteiger partial charge in [-0.2, -0.15) is 13.2 Å². The van der Waals surface area contributed by atoms with Crippen LogP contribution in [-0.2, 0) is 13.2 Å². The van der Waals surface area contributed by atoms with Gasteiger partial charge >= 0.3 is 6.18 Å². The lowest BCUT2D eigenvalue weighted by atomic mass is 9.85. The number of hydrogen-bond donors (Lipinski definition) is 3. The Kier molecular flexibility index (Phi) is 5.81. The van der Waals surface area contributed by atoms with E-state index in [4.69, 9.17) is 11.1 Å². The summed E-state index contributed by atoms with van der Waals surface area (Å²) in [7, 11) is 1.70. The van der Waals surface area contributed by atoms with Gasteiger partial charge in [0.15, 0.2) is 5.96 Å². The molecular weight excluding hydrogens is 401 g/mol. The minimum atomic E-state index is -4.65. The number of piperidine rings is 1. The van der Waals surface area contributed by atoms with Crippen LogP contribution in [0, 0.1) is 5.41 Å². The molecular formula is C19H21F3N6O2. The van der Waals surface area contributed by atoms with Crippen molar-refractivity contribution in [3.63, 3.8) is 0 Å².